The molecule has 0 aliphatic carbocycles. The largest absolute Gasteiger partial charge is 0.416 e. The minimum Gasteiger partial charge on any atom is -0.355 e. The summed E-state index contributed by atoms with van der Waals surface area (Å²) in [4.78, 5) is 29.0. The van der Waals surface area contributed by atoms with Crippen molar-refractivity contribution in [1.82, 2.24) is 10.2 Å². The lowest BCUT2D eigenvalue weighted by Gasteiger charge is -2.34. The van der Waals surface area contributed by atoms with E-state index in [1.807, 2.05) is 25.1 Å². The van der Waals surface area contributed by atoms with Gasteiger partial charge in [-0.15, -0.1) is 0 Å². The van der Waals surface area contributed by atoms with E-state index >= 15 is 0 Å². The highest BCUT2D eigenvalue weighted by Crippen LogP contribution is 2.37. The Balaban J connectivity index is 1.86. The first-order chi connectivity index (χ1) is 21.8. The average Bonchev–Trinajstić information content (AvgIpc) is 3.02. The van der Waals surface area contributed by atoms with Gasteiger partial charge in [-0.2, -0.15) is 13.2 Å². The van der Waals surface area contributed by atoms with E-state index in [1.54, 1.807) is 49.4 Å². The molecule has 12 heteroatoms. The van der Waals surface area contributed by atoms with Crippen molar-refractivity contribution in [2.75, 3.05) is 17.4 Å². The van der Waals surface area contributed by atoms with Crippen LogP contribution in [0.1, 0.15) is 29.2 Å². The van der Waals surface area contributed by atoms with Gasteiger partial charge >= 0.3 is 6.18 Å². The molecule has 242 valence electrons. The molecular weight excluding hydrogens is 639 g/mol. The molecule has 4 aromatic carbocycles. The topological polar surface area (TPSA) is 86.8 Å². The Morgan fingerprint density at radius 2 is 1.50 bits per heavy atom. The highest BCUT2D eigenvalue weighted by molar-refractivity contribution is 7.92. The van der Waals surface area contributed by atoms with Crippen molar-refractivity contribution in [3.05, 3.63) is 130 Å². The summed E-state index contributed by atoms with van der Waals surface area (Å²) in [6, 6.07) is 24.5. The number of amides is 2. The monoisotopic (exact) mass is 671 g/mol. The number of rotatable bonds is 12. The fraction of sp³-hybridized carbons (Fsp3) is 0.235. The van der Waals surface area contributed by atoms with E-state index in [2.05, 4.69) is 5.32 Å². The Hall–Kier alpha value is -4.35. The normalized spacial score (nSPS) is 12.3. The smallest absolute Gasteiger partial charge is 0.355 e. The average molecular weight is 672 g/mol. The van der Waals surface area contributed by atoms with Crippen LogP contribution >= 0.6 is 11.6 Å². The minimum absolute atomic E-state index is 0.0787. The zero-order valence-corrected chi connectivity index (χ0v) is 26.7. The fourth-order valence-corrected chi connectivity index (χ4v) is 6.68. The lowest BCUT2D eigenvalue weighted by molar-refractivity contribution is -0.140. The van der Waals surface area contributed by atoms with Crippen LogP contribution < -0.4 is 9.62 Å². The number of nitrogens with one attached hydrogen (secondary N) is 1. The fourth-order valence-electron chi connectivity index (χ4n) is 4.97. The Kier molecular flexibility index (Phi) is 11.1. The number of likely N-dealkylation sites (N-methyl/N-ethyl adjacent to an activating group) is 1. The zero-order chi connectivity index (χ0) is 33.5. The molecule has 0 fully saturated rings. The molecule has 0 spiro atoms. The van der Waals surface area contributed by atoms with Crippen molar-refractivity contribution in [3.63, 3.8) is 0 Å². The van der Waals surface area contributed by atoms with E-state index in [0.29, 0.717) is 15.9 Å². The van der Waals surface area contributed by atoms with Crippen LogP contribution in [0.15, 0.2) is 108 Å². The SMILES string of the molecule is CCNC(=O)C(Cc1ccccc1)N(Cc1cccc(C)c1)C(=O)CN(c1cc(C(F)(F)F)ccc1Cl)S(=O)(=O)c1ccccc1. The standard InChI is InChI=1S/C34H33ClF3N3O4S/c1-3-39-33(43)31(20-25-12-6-4-7-13-25)40(22-26-14-10-11-24(2)19-26)32(42)23-41(46(44,45)28-15-8-5-9-16-28)30-21-27(34(36,37)38)17-18-29(30)35/h4-19,21,31H,3,20,22-23H2,1-2H3,(H,39,43). The summed E-state index contributed by atoms with van der Waals surface area (Å²) < 4.78 is 70.0. The van der Waals surface area contributed by atoms with Crippen molar-refractivity contribution >= 4 is 39.1 Å². The molecule has 0 radical (unpaired) electrons. The number of carbonyl (C=O) groups is 2. The number of carbonyl (C=O) groups excluding carboxylic acids is 2. The molecule has 7 nitrogen and oxygen atoms in total. The van der Waals surface area contributed by atoms with Crippen LogP contribution in [0.2, 0.25) is 5.02 Å². The predicted molar refractivity (Wildman–Crippen MR) is 172 cm³/mol. The van der Waals surface area contributed by atoms with Gasteiger partial charge in [-0.1, -0.05) is 90.0 Å². The molecule has 46 heavy (non-hydrogen) atoms. The summed E-state index contributed by atoms with van der Waals surface area (Å²) in [5, 5.41) is 2.45. The minimum atomic E-state index is -4.82. The first-order valence-electron chi connectivity index (χ1n) is 14.4. The molecule has 1 N–H and O–H groups in total. The Bertz CT molecular complexity index is 1770. The molecule has 4 aromatic rings. The van der Waals surface area contributed by atoms with E-state index in [-0.39, 0.29) is 29.4 Å². The van der Waals surface area contributed by atoms with Crippen LogP contribution in [0, 0.1) is 6.92 Å². The molecule has 0 aliphatic heterocycles. The predicted octanol–water partition coefficient (Wildman–Crippen LogP) is 6.64. The number of sulfonamides is 1. The van der Waals surface area contributed by atoms with Gasteiger partial charge in [0, 0.05) is 19.5 Å². The van der Waals surface area contributed by atoms with E-state index in [4.69, 9.17) is 11.6 Å². The third-order valence-corrected chi connectivity index (χ3v) is 9.30. The van der Waals surface area contributed by atoms with Gasteiger partial charge in [0.25, 0.3) is 10.0 Å². The number of hydrogen-bond donors (Lipinski definition) is 1. The van der Waals surface area contributed by atoms with Gasteiger partial charge in [0.2, 0.25) is 11.8 Å². The van der Waals surface area contributed by atoms with Crippen LogP contribution in [0.3, 0.4) is 0 Å². The maximum Gasteiger partial charge on any atom is 0.416 e. The molecule has 0 aromatic heterocycles. The summed E-state index contributed by atoms with van der Waals surface area (Å²) in [5.74, 6) is -1.29. The van der Waals surface area contributed by atoms with Crippen molar-refractivity contribution in [3.8, 4) is 0 Å². The van der Waals surface area contributed by atoms with Crippen LogP contribution in [0.4, 0.5) is 18.9 Å². The maximum absolute atomic E-state index is 14.4. The number of aryl methyl sites for hydroxylation is 1. The van der Waals surface area contributed by atoms with Crippen LogP contribution in [0.25, 0.3) is 0 Å². The second kappa shape index (κ2) is 14.8. The number of alkyl halides is 3. The van der Waals surface area contributed by atoms with Gasteiger partial charge in [-0.25, -0.2) is 8.42 Å². The third-order valence-electron chi connectivity index (χ3n) is 7.21. The molecule has 0 bridgehead atoms. The van der Waals surface area contributed by atoms with E-state index in [1.165, 1.54) is 29.2 Å². The lowest BCUT2D eigenvalue weighted by atomic mass is 10.0. The van der Waals surface area contributed by atoms with E-state index in [0.717, 1.165) is 23.3 Å². The van der Waals surface area contributed by atoms with E-state index in [9.17, 15) is 31.2 Å². The van der Waals surface area contributed by atoms with E-state index < -0.39 is 51.9 Å². The Morgan fingerprint density at radius 1 is 0.870 bits per heavy atom. The summed E-state index contributed by atoms with van der Waals surface area (Å²) in [7, 11) is -4.63. The second-order valence-electron chi connectivity index (χ2n) is 10.6. The van der Waals surface area contributed by atoms with Crippen molar-refractivity contribution in [2.45, 2.75) is 43.9 Å². The highest BCUT2D eigenvalue weighted by Gasteiger charge is 2.37. The summed E-state index contributed by atoms with van der Waals surface area (Å²) in [6.45, 7) is 2.85. The first kappa shape index (κ1) is 34.5. The zero-order valence-electron chi connectivity index (χ0n) is 25.2. The van der Waals surface area contributed by atoms with Gasteiger partial charge in [-0.05, 0) is 55.3 Å². The number of anilines is 1. The number of hydrogen-bond acceptors (Lipinski definition) is 4. The lowest BCUT2D eigenvalue weighted by Crippen LogP contribution is -2.53. The molecule has 4 rings (SSSR count). The first-order valence-corrected chi connectivity index (χ1v) is 16.2. The molecule has 1 atom stereocenters. The number of nitrogens with zero attached hydrogens (tertiary/aromatic N) is 2. The van der Waals surface area contributed by atoms with Crippen molar-refractivity contribution < 1.29 is 31.2 Å². The van der Waals surface area contributed by atoms with Gasteiger partial charge in [0.15, 0.2) is 0 Å². The molecule has 0 saturated carbocycles. The number of halogens is 4. The molecule has 0 heterocycles. The molecular formula is C34H33ClF3N3O4S. The summed E-state index contributed by atoms with van der Waals surface area (Å²) in [6.07, 6.45) is -4.72. The summed E-state index contributed by atoms with van der Waals surface area (Å²) >= 11 is 6.34. The van der Waals surface area contributed by atoms with Crippen molar-refractivity contribution in [1.29, 1.82) is 0 Å². The quantitative estimate of drug-likeness (QED) is 0.183. The molecule has 2 amide bonds. The third kappa shape index (κ3) is 8.46. The van der Waals surface area contributed by atoms with Gasteiger partial charge in [0.05, 0.1) is 21.2 Å². The maximum atomic E-state index is 14.4. The van der Waals surface area contributed by atoms with Crippen molar-refractivity contribution in [2.24, 2.45) is 0 Å². The highest BCUT2D eigenvalue weighted by atomic mass is 35.5. The Morgan fingerprint density at radius 3 is 2.11 bits per heavy atom. The molecule has 1 unspecified atom stereocenters. The molecule has 0 saturated heterocycles. The van der Waals surface area contributed by atoms with Gasteiger partial charge in [0.1, 0.15) is 12.6 Å². The number of benzene rings is 4. The van der Waals surface area contributed by atoms with Gasteiger partial charge in [-0.3, -0.25) is 13.9 Å². The Labute approximate surface area is 271 Å². The van der Waals surface area contributed by atoms with Crippen LogP contribution in [-0.2, 0) is 38.8 Å². The van der Waals surface area contributed by atoms with Crippen LogP contribution in [0.5, 0.6) is 0 Å². The van der Waals surface area contributed by atoms with Crippen LogP contribution in [-0.4, -0.2) is 44.3 Å². The van der Waals surface area contributed by atoms with Gasteiger partial charge < -0.3 is 10.2 Å². The molecule has 0 aliphatic rings. The second-order valence-corrected chi connectivity index (χ2v) is 12.9. The summed E-state index contributed by atoms with van der Waals surface area (Å²) in [5.41, 5.74) is 0.641.